The van der Waals surface area contributed by atoms with E-state index in [2.05, 4.69) is 35.5 Å². The number of amides is 2. The fourth-order valence-electron chi connectivity index (χ4n) is 4.43. The van der Waals surface area contributed by atoms with Crippen molar-refractivity contribution in [3.63, 3.8) is 0 Å². The number of nitrogens with zero attached hydrogens (tertiary/aromatic N) is 2. The van der Waals surface area contributed by atoms with Gasteiger partial charge in [0.05, 0.1) is 16.9 Å². The Balaban J connectivity index is 1.57. The maximum atomic E-state index is 13.5. The third-order valence-electron chi connectivity index (χ3n) is 6.43. The molecule has 8 heteroatoms. The summed E-state index contributed by atoms with van der Waals surface area (Å²) in [5.41, 5.74) is 4.25. The molecule has 198 valence electrons. The third kappa shape index (κ3) is 6.97. The Morgan fingerprint density at radius 2 is 1.59 bits per heavy atom. The molecule has 0 saturated heterocycles. The molecule has 39 heavy (non-hydrogen) atoms. The van der Waals surface area contributed by atoms with Gasteiger partial charge in [-0.1, -0.05) is 79.7 Å². The number of rotatable bonds is 7. The van der Waals surface area contributed by atoms with Crippen LogP contribution in [0.15, 0.2) is 95.1 Å². The molecule has 2 N–H and O–H groups in total. The van der Waals surface area contributed by atoms with Gasteiger partial charge in [0.15, 0.2) is 0 Å². The van der Waals surface area contributed by atoms with Crippen molar-refractivity contribution in [2.45, 2.75) is 32.6 Å². The predicted molar refractivity (Wildman–Crippen MR) is 160 cm³/mol. The zero-order chi connectivity index (χ0) is 27.9. The number of halogens is 1. The molecule has 2 unspecified atom stereocenters. The normalized spacial score (nSPS) is 16.9. The summed E-state index contributed by atoms with van der Waals surface area (Å²) in [6.07, 6.45) is 0. The fourth-order valence-corrected chi connectivity index (χ4v) is 5.47. The molecule has 0 aliphatic carbocycles. The number of hydrogen-bond acceptors (Lipinski definition) is 5. The second-order valence-corrected chi connectivity index (χ2v) is 11.0. The predicted octanol–water partition coefficient (Wildman–Crippen LogP) is 7.38. The SMILES string of the molecule is CC1=C(C(=O)Nc2ccc(Cl)cc2)C(c2ccccc2)C(C#N)C(SCC(=O)Nc2ccc(C(C)C)cc2)=N1. The Morgan fingerprint density at radius 3 is 2.21 bits per heavy atom. The minimum Gasteiger partial charge on any atom is -0.325 e. The van der Waals surface area contributed by atoms with Crippen molar-refractivity contribution in [3.8, 4) is 6.07 Å². The standard InChI is InChI=1S/C31H29ClN4O2S/c1-19(2)21-9-13-24(14-10-21)35-27(37)18-39-31-26(17-33)29(22-7-5-4-6-8-22)28(20(3)34-31)30(38)36-25-15-11-23(32)12-16-25/h4-16,19,26,29H,18H2,1-3H3,(H,35,37)(H,36,38). The van der Waals surface area contributed by atoms with Crippen LogP contribution >= 0.6 is 23.4 Å². The molecule has 0 bridgehead atoms. The Hall–Kier alpha value is -3.86. The van der Waals surface area contributed by atoms with E-state index in [1.165, 1.54) is 17.3 Å². The molecule has 2 atom stereocenters. The Morgan fingerprint density at radius 1 is 0.974 bits per heavy atom. The summed E-state index contributed by atoms with van der Waals surface area (Å²) in [7, 11) is 0. The number of carbonyl (C=O) groups excluding carboxylic acids is 2. The van der Waals surface area contributed by atoms with Crippen molar-refractivity contribution in [1.82, 2.24) is 0 Å². The van der Waals surface area contributed by atoms with Gasteiger partial charge >= 0.3 is 0 Å². The number of benzene rings is 3. The van der Waals surface area contributed by atoms with Gasteiger partial charge in [-0.05, 0) is 60.4 Å². The van der Waals surface area contributed by atoms with Gasteiger partial charge in [-0.2, -0.15) is 5.26 Å². The van der Waals surface area contributed by atoms with E-state index < -0.39 is 11.8 Å². The second kappa shape index (κ2) is 12.8. The van der Waals surface area contributed by atoms with E-state index in [0.717, 1.165) is 5.56 Å². The van der Waals surface area contributed by atoms with Crippen LogP contribution in [-0.2, 0) is 9.59 Å². The first-order chi connectivity index (χ1) is 18.8. The zero-order valence-electron chi connectivity index (χ0n) is 21.9. The van der Waals surface area contributed by atoms with Crippen LogP contribution in [-0.4, -0.2) is 22.6 Å². The summed E-state index contributed by atoms with van der Waals surface area (Å²) in [6.45, 7) is 6.00. The van der Waals surface area contributed by atoms with Gasteiger partial charge in [0.25, 0.3) is 5.91 Å². The second-order valence-electron chi connectivity index (χ2n) is 9.52. The van der Waals surface area contributed by atoms with E-state index in [1.54, 1.807) is 31.2 Å². The van der Waals surface area contributed by atoms with Crippen LogP contribution < -0.4 is 10.6 Å². The van der Waals surface area contributed by atoms with Gasteiger partial charge in [-0.15, -0.1) is 0 Å². The van der Waals surface area contributed by atoms with Crippen molar-refractivity contribution >= 4 is 51.6 Å². The van der Waals surface area contributed by atoms with E-state index in [-0.39, 0.29) is 17.6 Å². The highest BCUT2D eigenvalue weighted by atomic mass is 35.5. The van der Waals surface area contributed by atoms with E-state index in [0.29, 0.717) is 38.6 Å². The van der Waals surface area contributed by atoms with Gasteiger partial charge < -0.3 is 10.6 Å². The average Bonchev–Trinajstić information content (AvgIpc) is 2.93. The molecule has 4 rings (SSSR count). The van der Waals surface area contributed by atoms with Crippen LogP contribution in [0.2, 0.25) is 5.02 Å². The molecule has 0 spiro atoms. The molecule has 1 heterocycles. The molecule has 1 aliphatic rings. The third-order valence-corrected chi connectivity index (χ3v) is 7.73. The largest absolute Gasteiger partial charge is 0.325 e. The van der Waals surface area contributed by atoms with E-state index in [9.17, 15) is 14.9 Å². The number of nitrogens with one attached hydrogen (secondary N) is 2. The summed E-state index contributed by atoms with van der Waals surface area (Å²) < 4.78 is 0. The lowest BCUT2D eigenvalue weighted by atomic mass is 9.78. The minimum absolute atomic E-state index is 0.0873. The van der Waals surface area contributed by atoms with Gasteiger partial charge in [0.1, 0.15) is 5.92 Å². The smallest absolute Gasteiger partial charge is 0.254 e. The molecule has 0 aromatic heterocycles. The average molecular weight is 557 g/mol. The topological polar surface area (TPSA) is 94.4 Å². The molecule has 0 saturated carbocycles. The number of aliphatic imine (C=N–C) groups is 1. The maximum absolute atomic E-state index is 13.5. The summed E-state index contributed by atoms with van der Waals surface area (Å²) in [5, 5.41) is 17.2. The van der Waals surface area contributed by atoms with Crippen LogP contribution in [0, 0.1) is 17.2 Å². The number of anilines is 2. The maximum Gasteiger partial charge on any atom is 0.254 e. The molecule has 1 aliphatic heterocycles. The Kier molecular flexibility index (Phi) is 9.23. The van der Waals surface area contributed by atoms with Crippen LogP contribution in [0.4, 0.5) is 11.4 Å². The molecule has 6 nitrogen and oxygen atoms in total. The summed E-state index contributed by atoms with van der Waals surface area (Å²) in [6, 6.07) is 26.4. The van der Waals surface area contributed by atoms with Crippen LogP contribution in [0.3, 0.4) is 0 Å². The number of carbonyl (C=O) groups is 2. The molecule has 0 radical (unpaired) electrons. The van der Waals surface area contributed by atoms with Crippen molar-refractivity contribution in [1.29, 1.82) is 5.26 Å². The van der Waals surface area contributed by atoms with Crippen molar-refractivity contribution in [2.24, 2.45) is 10.9 Å². The van der Waals surface area contributed by atoms with Crippen LogP contribution in [0.1, 0.15) is 43.7 Å². The van der Waals surface area contributed by atoms with E-state index in [1.807, 2.05) is 54.6 Å². The van der Waals surface area contributed by atoms with Crippen molar-refractivity contribution in [2.75, 3.05) is 16.4 Å². The molecular weight excluding hydrogens is 528 g/mol. The quantitative estimate of drug-likeness (QED) is 0.317. The Bertz CT molecular complexity index is 1440. The van der Waals surface area contributed by atoms with Crippen LogP contribution in [0.5, 0.6) is 0 Å². The van der Waals surface area contributed by atoms with Gasteiger partial charge in [-0.25, -0.2) is 4.99 Å². The summed E-state index contributed by atoms with van der Waals surface area (Å²) in [5.74, 6) is -1.31. The minimum atomic E-state index is -0.731. The highest BCUT2D eigenvalue weighted by molar-refractivity contribution is 8.14. The fraction of sp³-hybridized carbons (Fsp3) is 0.226. The van der Waals surface area contributed by atoms with Gasteiger partial charge in [0.2, 0.25) is 5.91 Å². The van der Waals surface area contributed by atoms with Gasteiger partial charge in [-0.3, -0.25) is 9.59 Å². The number of allylic oxidation sites excluding steroid dienone is 1. The molecule has 2 amide bonds. The Labute approximate surface area is 238 Å². The van der Waals surface area contributed by atoms with Crippen molar-refractivity contribution < 1.29 is 9.59 Å². The zero-order valence-corrected chi connectivity index (χ0v) is 23.5. The molecular formula is C31H29ClN4O2S. The number of hydrogen-bond donors (Lipinski definition) is 2. The summed E-state index contributed by atoms with van der Waals surface area (Å²) >= 11 is 7.21. The highest BCUT2D eigenvalue weighted by Gasteiger charge is 2.39. The van der Waals surface area contributed by atoms with E-state index >= 15 is 0 Å². The first kappa shape index (κ1) is 28.2. The molecule has 3 aromatic carbocycles. The van der Waals surface area contributed by atoms with Crippen molar-refractivity contribution in [3.05, 3.63) is 106 Å². The molecule has 3 aromatic rings. The van der Waals surface area contributed by atoms with E-state index in [4.69, 9.17) is 11.6 Å². The van der Waals surface area contributed by atoms with Crippen LogP contribution in [0.25, 0.3) is 0 Å². The lowest BCUT2D eigenvalue weighted by molar-refractivity contribution is -0.114. The lowest BCUT2D eigenvalue weighted by Crippen LogP contribution is -2.31. The summed E-state index contributed by atoms with van der Waals surface area (Å²) in [4.78, 5) is 30.9. The number of nitriles is 1. The lowest BCUT2D eigenvalue weighted by Gasteiger charge is -2.30. The molecule has 0 fully saturated rings. The number of thioether (sulfide) groups is 1. The first-order valence-corrected chi connectivity index (χ1v) is 14.0. The highest BCUT2D eigenvalue weighted by Crippen LogP contribution is 2.41. The monoisotopic (exact) mass is 556 g/mol. The van der Waals surface area contributed by atoms with Gasteiger partial charge in [0, 0.05) is 33.6 Å². The first-order valence-electron chi connectivity index (χ1n) is 12.6.